The van der Waals surface area contributed by atoms with Gasteiger partial charge >= 0.3 is 5.97 Å². The van der Waals surface area contributed by atoms with Gasteiger partial charge in [-0.25, -0.2) is 4.79 Å². The van der Waals surface area contributed by atoms with Crippen LogP contribution in [0.15, 0.2) is 170 Å². The molecule has 0 saturated carbocycles. The Hall–Kier alpha value is -8.46. The lowest BCUT2D eigenvalue weighted by molar-refractivity contribution is -0.130. The number of carbonyl (C=O) groups excluding carboxylic acids is 2. The van der Waals surface area contributed by atoms with Crippen LogP contribution in [0.4, 0.5) is 0 Å². The Kier molecular flexibility index (Phi) is 15.8. The summed E-state index contributed by atoms with van der Waals surface area (Å²) in [7, 11) is 0. The first kappa shape index (κ1) is 52.4. The molecular weight excluding hydrogens is 933 g/mol. The van der Waals surface area contributed by atoms with Gasteiger partial charge in [-0.2, -0.15) is 0 Å². The molecule has 0 heterocycles. The van der Waals surface area contributed by atoms with E-state index in [1.54, 1.807) is 26.0 Å². The van der Waals surface area contributed by atoms with Gasteiger partial charge in [-0.05, 0) is 242 Å². The first-order valence-electron chi connectivity index (χ1n) is 26.4. The molecule has 380 valence electrons. The largest absolute Gasteiger partial charge is 0.508 e. The number of benzene rings is 8. The third-order valence-electron chi connectivity index (χ3n) is 14.8. The molecule has 0 atom stereocenters. The van der Waals surface area contributed by atoms with Gasteiger partial charge in [-0.3, -0.25) is 4.79 Å². The van der Waals surface area contributed by atoms with Gasteiger partial charge in [0, 0.05) is 17.6 Å². The van der Waals surface area contributed by atoms with Crippen LogP contribution in [-0.2, 0) is 67.4 Å². The summed E-state index contributed by atoms with van der Waals surface area (Å²) in [5.41, 5.74) is 28.2. The number of hydrogen-bond donors (Lipinski definition) is 2. The van der Waals surface area contributed by atoms with Gasteiger partial charge in [-0.1, -0.05) is 133 Å². The molecule has 5 nitrogen and oxygen atoms in total. The molecule has 0 spiro atoms. The Morgan fingerprint density at radius 3 is 1.22 bits per heavy atom. The highest BCUT2D eigenvalue weighted by atomic mass is 16.5. The molecule has 2 N–H and O–H groups in total. The van der Waals surface area contributed by atoms with Gasteiger partial charge in [0.05, 0.1) is 0 Å². The molecular formula is C71H66O5. The first-order chi connectivity index (χ1) is 36.6. The predicted molar refractivity (Wildman–Crippen MR) is 311 cm³/mol. The second-order valence-corrected chi connectivity index (χ2v) is 20.8. The summed E-state index contributed by atoms with van der Waals surface area (Å²) >= 11 is 0. The van der Waals surface area contributed by atoms with E-state index in [4.69, 9.17) is 4.74 Å². The van der Waals surface area contributed by atoms with E-state index in [1.165, 1.54) is 107 Å². The normalized spacial score (nSPS) is 12.4. The zero-order chi connectivity index (χ0) is 53.6. The number of allylic oxidation sites excluding steroid dienone is 1. The molecule has 4 aliphatic carbocycles. The predicted octanol–water partition coefficient (Wildman–Crippen LogP) is 15.7. The summed E-state index contributed by atoms with van der Waals surface area (Å²) in [6.45, 7) is 19.0. The van der Waals surface area contributed by atoms with Crippen LogP contribution in [0, 0.1) is 32.6 Å². The van der Waals surface area contributed by atoms with Crippen LogP contribution in [0.25, 0.3) is 44.5 Å². The van der Waals surface area contributed by atoms with Gasteiger partial charge in [0.25, 0.3) is 0 Å². The van der Waals surface area contributed by atoms with Crippen LogP contribution >= 0.6 is 0 Å². The third kappa shape index (κ3) is 12.0. The molecule has 0 radical (unpaired) electrons. The molecule has 0 unspecified atom stereocenters. The van der Waals surface area contributed by atoms with Crippen molar-refractivity contribution in [3.63, 3.8) is 0 Å². The van der Waals surface area contributed by atoms with Crippen molar-refractivity contribution in [2.45, 2.75) is 99.3 Å². The van der Waals surface area contributed by atoms with Gasteiger partial charge in [0.15, 0.2) is 5.78 Å². The van der Waals surface area contributed by atoms with E-state index in [1.807, 2.05) is 55.5 Å². The van der Waals surface area contributed by atoms with E-state index in [2.05, 4.69) is 131 Å². The first-order valence-corrected chi connectivity index (χ1v) is 26.4. The molecule has 5 heteroatoms. The van der Waals surface area contributed by atoms with Crippen molar-refractivity contribution in [1.29, 1.82) is 0 Å². The number of phenolic OH excluding ortho intramolecular Hbond substituents is 2. The Balaban J connectivity index is 0.000000126. The lowest BCUT2D eigenvalue weighted by Gasteiger charge is -2.21. The minimum atomic E-state index is -0.409. The smallest absolute Gasteiger partial charge is 0.338 e. The van der Waals surface area contributed by atoms with Crippen LogP contribution in [0.2, 0.25) is 0 Å². The number of esters is 1. The Morgan fingerprint density at radius 2 is 0.803 bits per heavy atom. The fourth-order valence-corrected chi connectivity index (χ4v) is 10.9. The van der Waals surface area contributed by atoms with Gasteiger partial charge in [0.2, 0.25) is 0 Å². The average molecular weight is 999 g/mol. The number of aryl methyl sites for hydroxylation is 11. The maximum atomic E-state index is 11.9. The standard InChI is InChI=1S/C23H22O3.C17H14O.C16H16.C15H14O/c1-14(2)22(24)12-16-5-9-20-17(11-16)6-7-18-13-19(8-10-21(18)20)26-23(25)15(3)4;1-2-3-12-4-8-16-13(10-12)5-6-14-11-15(18)7-9-17(14)16;1-11-3-7-15-13(9-11)5-6-14-10-12(2)4-8-16(14)15;1-10-2-6-14-11(8-10)3-4-12-9-13(16)5-7-15(12)14/h5,8-11,13H,1,3,6-7,12H2,2,4H3;4,7-11,18H,5-6H2,1H3;3-4,7-10H,5-6H2,1-2H3;2,5-9,16H,3-4H2,1H3. The minimum Gasteiger partial charge on any atom is -0.508 e. The lowest BCUT2D eigenvalue weighted by Crippen LogP contribution is -2.10. The molecule has 0 aromatic heterocycles. The van der Waals surface area contributed by atoms with Gasteiger partial charge < -0.3 is 14.9 Å². The molecule has 8 aromatic rings. The van der Waals surface area contributed by atoms with Crippen LogP contribution in [0.3, 0.4) is 0 Å². The van der Waals surface area contributed by atoms with E-state index in [0.29, 0.717) is 34.8 Å². The second-order valence-electron chi connectivity index (χ2n) is 20.8. The van der Waals surface area contributed by atoms with Crippen molar-refractivity contribution in [3.05, 3.63) is 242 Å². The number of hydrogen-bond acceptors (Lipinski definition) is 5. The number of rotatable bonds is 5. The number of ketones is 1. The molecule has 12 rings (SSSR count). The van der Waals surface area contributed by atoms with Gasteiger partial charge in [-0.15, -0.1) is 5.92 Å². The Labute approximate surface area is 449 Å². The summed E-state index contributed by atoms with van der Waals surface area (Å²) in [6, 6.07) is 49.9. The maximum absolute atomic E-state index is 11.9. The average Bonchev–Trinajstić information content (AvgIpc) is 3.43. The summed E-state index contributed by atoms with van der Waals surface area (Å²) < 4.78 is 5.33. The van der Waals surface area contributed by atoms with E-state index in [-0.39, 0.29) is 5.78 Å². The lowest BCUT2D eigenvalue weighted by atomic mass is 9.84. The molecule has 8 aromatic carbocycles. The number of carbonyl (C=O) groups is 2. The highest BCUT2D eigenvalue weighted by Crippen LogP contribution is 2.39. The SMILES string of the molecule is C=C(C)C(=O)Cc1ccc2c(c1)CCc1cc(OC(=O)C(=C)C)ccc1-2.CC#Cc1ccc2c(c1)CCc1cc(O)ccc1-2.Cc1ccc2c(c1)CCc1cc(C)ccc1-2.Cc1ccc2c(c1)CCc1cc(O)ccc1-2. The molecule has 0 fully saturated rings. The van der Waals surface area contributed by atoms with Crippen molar-refractivity contribution in [3.8, 4) is 73.6 Å². The van der Waals surface area contributed by atoms with Crippen molar-refractivity contribution < 1.29 is 24.5 Å². The number of Topliss-reactive ketones (excluding diaryl/α,β-unsaturated/α-hetero) is 1. The van der Waals surface area contributed by atoms with Crippen LogP contribution in [-0.4, -0.2) is 22.0 Å². The van der Waals surface area contributed by atoms with E-state index in [9.17, 15) is 19.8 Å². The van der Waals surface area contributed by atoms with E-state index in [0.717, 1.165) is 60.8 Å². The highest BCUT2D eigenvalue weighted by molar-refractivity contribution is 5.96. The summed E-state index contributed by atoms with van der Waals surface area (Å²) in [5, 5.41) is 19.0. The van der Waals surface area contributed by atoms with Crippen molar-refractivity contribution in [2.75, 3.05) is 0 Å². The van der Waals surface area contributed by atoms with Gasteiger partial charge in [0.1, 0.15) is 17.2 Å². The zero-order valence-corrected chi connectivity index (χ0v) is 44.8. The fraction of sp³-hybridized carbons (Fsp3) is 0.211. The highest BCUT2D eigenvalue weighted by Gasteiger charge is 2.21. The number of aromatic hydroxyl groups is 2. The Bertz CT molecular complexity index is 3380. The topological polar surface area (TPSA) is 83.8 Å². The van der Waals surface area contributed by atoms with Crippen molar-refractivity contribution >= 4 is 11.8 Å². The summed E-state index contributed by atoms with van der Waals surface area (Å²) in [6.07, 6.45) is 8.65. The fourth-order valence-electron chi connectivity index (χ4n) is 10.9. The maximum Gasteiger partial charge on any atom is 0.338 e. The van der Waals surface area contributed by atoms with Crippen LogP contribution in [0.5, 0.6) is 17.2 Å². The number of fused-ring (bicyclic) bond motifs is 12. The molecule has 0 aliphatic heterocycles. The quantitative estimate of drug-likeness (QED) is 0.0777. The zero-order valence-electron chi connectivity index (χ0n) is 44.8. The molecule has 0 amide bonds. The monoisotopic (exact) mass is 998 g/mol. The Morgan fingerprint density at radius 1 is 0.447 bits per heavy atom. The third-order valence-corrected chi connectivity index (χ3v) is 14.8. The molecule has 76 heavy (non-hydrogen) atoms. The summed E-state index contributed by atoms with van der Waals surface area (Å²) in [4.78, 5) is 23.6. The second kappa shape index (κ2) is 23.0. The van der Waals surface area contributed by atoms with E-state index >= 15 is 0 Å². The number of phenols is 2. The van der Waals surface area contributed by atoms with Crippen LogP contribution in [0.1, 0.15) is 93.1 Å². The van der Waals surface area contributed by atoms with Crippen molar-refractivity contribution in [1.82, 2.24) is 0 Å². The summed E-state index contributed by atoms with van der Waals surface area (Å²) in [5.74, 6) is 6.97. The van der Waals surface area contributed by atoms with Crippen molar-refractivity contribution in [2.24, 2.45) is 0 Å². The molecule has 4 aliphatic rings. The molecule has 0 saturated heterocycles. The molecule has 0 bridgehead atoms. The van der Waals surface area contributed by atoms with Crippen LogP contribution < -0.4 is 4.74 Å². The van der Waals surface area contributed by atoms with E-state index < -0.39 is 5.97 Å². The number of ether oxygens (including phenoxy) is 1. The minimum absolute atomic E-state index is 0.0742.